The maximum atomic E-state index is 12.1. The number of carbonyl (C=O) groups is 2. The van der Waals surface area contributed by atoms with Gasteiger partial charge >= 0.3 is 5.97 Å². The standard InChI is InChI=1S/C17H17ClN2O3S/c18-13-6-4-12(5-7-13)16-19-14(11-24-16)17(22)23-10-15(21)20-8-2-1-3-9-20/h4-7,11H,1-3,8-10H2. The number of carbonyl (C=O) groups excluding carboxylic acids is 2. The van der Waals surface area contributed by atoms with Crippen molar-refractivity contribution < 1.29 is 14.3 Å². The van der Waals surface area contributed by atoms with Gasteiger partial charge in [-0.05, 0) is 31.4 Å². The van der Waals surface area contributed by atoms with E-state index in [0.29, 0.717) is 10.0 Å². The quantitative estimate of drug-likeness (QED) is 0.777. The minimum absolute atomic E-state index is 0.142. The third kappa shape index (κ3) is 4.13. The summed E-state index contributed by atoms with van der Waals surface area (Å²) < 4.78 is 5.10. The topological polar surface area (TPSA) is 59.5 Å². The summed E-state index contributed by atoms with van der Waals surface area (Å²) >= 11 is 7.21. The van der Waals surface area contributed by atoms with E-state index >= 15 is 0 Å². The van der Waals surface area contributed by atoms with E-state index in [1.54, 1.807) is 22.4 Å². The van der Waals surface area contributed by atoms with Gasteiger partial charge in [0.05, 0.1) is 0 Å². The molecule has 2 heterocycles. The minimum atomic E-state index is -0.572. The number of amides is 1. The Morgan fingerprint density at radius 2 is 1.88 bits per heavy atom. The number of esters is 1. The molecule has 0 saturated carbocycles. The highest BCUT2D eigenvalue weighted by molar-refractivity contribution is 7.13. The first-order valence-corrected chi connectivity index (χ1v) is 9.05. The van der Waals surface area contributed by atoms with Gasteiger partial charge in [-0.3, -0.25) is 4.79 Å². The van der Waals surface area contributed by atoms with Crippen LogP contribution >= 0.6 is 22.9 Å². The van der Waals surface area contributed by atoms with Crippen LogP contribution in [0.3, 0.4) is 0 Å². The van der Waals surface area contributed by atoms with Gasteiger partial charge in [0.2, 0.25) is 0 Å². The fourth-order valence-electron chi connectivity index (χ4n) is 2.53. The summed E-state index contributed by atoms with van der Waals surface area (Å²) in [6.07, 6.45) is 3.17. The van der Waals surface area contributed by atoms with Crippen molar-refractivity contribution >= 4 is 34.8 Å². The van der Waals surface area contributed by atoms with Crippen LogP contribution in [0.15, 0.2) is 29.6 Å². The molecule has 0 N–H and O–H groups in total. The number of benzene rings is 1. The molecule has 0 spiro atoms. The Bertz CT molecular complexity index is 724. The average molecular weight is 365 g/mol. The first kappa shape index (κ1) is 16.9. The van der Waals surface area contributed by atoms with Crippen LogP contribution in [-0.2, 0) is 9.53 Å². The monoisotopic (exact) mass is 364 g/mol. The highest BCUT2D eigenvalue weighted by Gasteiger charge is 2.19. The van der Waals surface area contributed by atoms with Crippen LogP contribution in [0, 0.1) is 0 Å². The number of piperidine rings is 1. The molecular formula is C17H17ClN2O3S. The minimum Gasteiger partial charge on any atom is -0.451 e. The van der Waals surface area contributed by atoms with Crippen LogP contribution in [0.25, 0.3) is 10.6 Å². The second-order valence-corrected chi connectivity index (χ2v) is 6.86. The summed E-state index contributed by atoms with van der Waals surface area (Å²) in [5.74, 6) is -0.715. The van der Waals surface area contributed by atoms with Gasteiger partial charge in [-0.2, -0.15) is 0 Å². The smallest absolute Gasteiger partial charge is 0.358 e. The van der Waals surface area contributed by atoms with Gasteiger partial charge in [-0.1, -0.05) is 23.7 Å². The van der Waals surface area contributed by atoms with Crippen LogP contribution in [0.5, 0.6) is 0 Å². The molecule has 5 nitrogen and oxygen atoms in total. The molecule has 24 heavy (non-hydrogen) atoms. The molecule has 1 aliphatic heterocycles. The summed E-state index contributed by atoms with van der Waals surface area (Å²) in [5.41, 5.74) is 1.10. The molecule has 3 rings (SSSR count). The van der Waals surface area contributed by atoms with Crippen LogP contribution in [0.4, 0.5) is 0 Å². The molecule has 7 heteroatoms. The van der Waals surface area contributed by atoms with E-state index in [2.05, 4.69) is 4.98 Å². The van der Waals surface area contributed by atoms with E-state index in [0.717, 1.165) is 37.9 Å². The summed E-state index contributed by atoms with van der Waals surface area (Å²) in [4.78, 5) is 30.1. The van der Waals surface area contributed by atoms with E-state index in [9.17, 15) is 9.59 Å². The summed E-state index contributed by atoms with van der Waals surface area (Å²) in [7, 11) is 0. The Morgan fingerprint density at radius 1 is 1.17 bits per heavy atom. The molecule has 0 bridgehead atoms. The zero-order chi connectivity index (χ0) is 16.9. The predicted molar refractivity (Wildman–Crippen MR) is 93.3 cm³/mol. The van der Waals surface area contributed by atoms with E-state index < -0.39 is 5.97 Å². The SMILES string of the molecule is O=C(OCC(=O)N1CCCCC1)c1csc(-c2ccc(Cl)cc2)n1. The maximum Gasteiger partial charge on any atom is 0.358 e. The number of halogens is 1. The molecule has 1 saturated heterocycles. The van der Waals surface area contributed by atoms with Gasteiger partial charge < -0.3 is 9.64 Å². The predicted octanol–water partition coefficient (Wildman–Crippen LogP) is 3.63. The molecule has 0 atom stereocenters. The van der Waals surface area contributed by atoms with Gasteiger partial charge in [0.25, 0.3) is 5.91 Å². The number of hydrogen-bond donors (Lipinski definition) is 0. The number of ether oxygens (including phenoxy) is 1. The van der Waals surface area contributed by atoms with Crippen molar-refractivity contribution in [2.24, 2.45) is 0 Å². The molecule has 2 aromatic rings. The summed E-state index contributed by atoms with van der Waals surface area (Å²) in [5, 5.41) is 2.99. The summed E-state index contributed by atoms with van der Waals surface area (Å²) in [6, 6.07) is 7.23. The van der Waals surface area contributed by atoms with Crippen LogP contribution in [0.2, 0.25) is 5.02 Å². The first-order valence-electron chi connectivity index (χ1n) is 7.80. The molecular weight excluding hydrogens is 348 g/mol. The van der Waals surface area contributed by atoms with Crippen molar-refractivity contribution in [1.82, 2.24) is 9.88 Å². The molecule has 126 valence electrons. The number of thiazole rings is 1. The number of hydrogen-bond acceptors (Lipinski definition) is 5. The highest BCUT2D eigenvalue weighted by atomic mass is 35.5. The van der Waals surface area contributed by atoms with Crippen LogP contribution in [-0.4, -0.2) is 41.5 Å². The van der Waals surface area contributed by atoms with Gasteiger partial charge in [-0.25, -0.2) is 9.78 Å². The second-order valence-electron chi connectivity index (χ2n) is 5.56. The molecule has 0 aliphatic carbocycles. The number of likely N-dealkylation sites (tertiary alicyclic amines) is 1. The van der Waals surface area contributed by atoms with Crippen molar-refractivity contribution in [2.45, 2.75) is 19.3 Å². The second kappa shape index (κ2) is 7.77. The lowest BCUT2D eigenvalue weighted by atomic mass is 10.1. The fourth-order valence-corrected chi connectivity index (χ4v) is 3.45. The van der Waals surface area contributed by atoms with Crippen LogP contribution in [0.1, 0.15) is 29.8 Å². The van der Waals surface area contributed by atoms with Gasteiger partial charge in [0.1, 0.15) is 5.01 Å². The lowest BCUT2D eigenvalue weighted by molar-refractivity contribution is -0.135. The number of nitrogens with zero attached hydrogens (tertiary/aromatic N) is 2. The summed E-state index contributed by atoms with van der Waals surface area (Å²) in [6.45, 7) is 1.26. The van der Waals surface area contributed by atoms with Gasteiger partial charge in [0, 0.05) is 29.1 Å². The Labute approximate surface area is 149 Å². The van der Waals surface area contributed by atoms with Gasteiger partial charge in [0.15, 0.2) is 12.3 Å². The Morgan fingerprint density at radius 3 is 2.58 bits per heavy atom. The first-order chi connectivity index (χ1) is 11.6. The fraction of sp³-hybridized carbons (Fsp3) is 0.353. The normalized spacial score (nSPS) is 14.5. The van der Waals surface area contributed by atoms with Gasteiger partial charge in [-0.15, -0.1) is 11.3 Å². The Balaban J connectivity index is 1.57. The Hall–Kier alpha value is -1.92. The lowest BCUT2D eigenvalue weighted by Crippen LogP contribution is -2.38. The zero-order valence-corrected chi connectivity index (χ0v) is 14.6. The molecule has 0 unspecified atom stereocenters. The van der Waals surface area contributed by atoms with Crippen LogP contribution < -0.4 is 0 Å². The number of rotatable bonds is 4. The van der Waals surface area contributed by atoms with E-state index in [4.69, 9.17) is 16.3 Å². The van der Waals surface area contributed by atoms with Crippen molar-refractivity contribution in [3.05, 3.63) is 40.4 Å². The highest BCUT2D eigenvalue weighted by Crippen LogP contribution is 2.25. The zero-order valence-electron chi connectivity index (χ0n) is 13.0. The number of aromatic nitrogens is 1. The molecule has 1 aromatic carbocycles. The molecule has 1 aliphatic rings. The van der Waals surface area contributed by atoms with E-state index in [1.807, 2.05) is 12.1 Å². The van der Waals surface area contributed by atoms with E-state index in [-0.39, 0.29) is 18.2 Å². The molecule has 1 amide bonds. The third-order valence-electron chi connectivity index (χ3n) is 3.84. The Kier molecular flexibility index (Phi) is 5.48. The van der Waals surface area contributed by atoms with E-state index in [1.165, 1.54) is 11.3 Å². The van der Waals surface area contributed by atoms with Crippen molar-refractivity contribution in [2.75, 3.05) is 19.7 Å². The lowest BCUT2D eigenvalue weighted by Gasteiger charge is -2.26. The molecule has 1 aromatic heterocycles. The third-order valence-corrected chi connectivity index (χ3v) is 4.98. The largest absolute Gasteiger partial charge is 0.451 e. The van der Waals surface area contributed by atoms with Crippen molar-refractivity contribution in [3.8, 4) is 10.6 Å². The average Bonchev–Trinajstić information content (AvgIpc) is 3.11. The maximum absolute atomic E-state index is 12.1. The van der Waals surface area contributed by atoms with Crippen molar-refractivity contribution in [3.63, 3.8) is 0 Å². The van der Waals surface area contributed by atoms with Crippen molar-refractivity contribution in [1.29, 1.82) is 0 Å². The molecule has 1 fully saturated rings. The molecule has 0 radical (unpaired) electrons.